The van der Waals surface area contributed by atoms with Gasteiger partial charge in [-0.15, -0.1) is 0 Å². The maximum atomic E-state index is 13.1. The standard InChI is InChI=1S/C24H22N2O3/c1-15(2)29-23(27)20-21(17-10-4-3-5-11-17)25-24(28)26-22(20)19-14-8-12-16-9-6-7-13-18(16)19/h3-15,22H,1-2H3,(H2,25,26,28). The predicted octanol–water partition coefficient (Wildman–Crippen LogP) is 4.56. The molecule has 5 heteroatoms. The number of urea groups is 1. The SMILES string of the molecule is CC(C)OC(=O)C1=C(c2ccccc2)NC(=O)NC1c1cccc2ccccc12. The molecule has 29 heavy (non-hydrogen) atoms. The van der Waals surface area contributed by atoms with Crippen LogP contribution in [0.5, 0.6) is 0 Å². The summed E-state index contributed by atoms with van der Waals surface area (Å²) >= 11 is 0. The number of carbonyl (C=O) groups is 2. The lowest BCUT2D eigenvalue weighted by Gasteiger charge is -2.30. The molecule has 1 atom stereocenters. The minimum atomic E-state index is -0.628. The number of benzene rings is 3. The maximum Gasteiger partial charge on any atom is 0.338 e. The Labute approximate surface area is 169 Å². The fraction of sp³-hybridized carbons (Fsp3) is 0.167. The minimum absolute atomic E-state index is 0.280. The second kappa shape index (κ2) is 7.80. The van der Waals surface area contributed by atoms with Gasteiger partial charge in [-0.3, -0.25) is 0 Å². The van der Waals surface area contributed by atoms with Crippen molar-refractivity contribution in [1.82, 2.24) is 10.6 Å². The summed E-state index contributed by atoms with van der Waals surface area (Å²) in [6.07, 6.45) is -0.280. The lowest BCUT2D eigenvalue weighted by Crippen LogP contribution is -2.45. The Morgan fingerprint density at radius 2 is 1.62 bits per heavy atom. The molecule has 3 aromatic carbocycles. The van der Waals surface area contributed by atoms with Gasteiger partial charge < -0.3 is 15.4 Å². The largest absolute Gasteiger partial charge is 0.459 e. The van der Waals surface area contributed by atoms with Crippen LogP contribution in [0.25, 0.3) is 16.5 Å². The topological polar surface area (TPSA) is 67.4 Å². The average molecular weight is 386 g/mol. The van der Waals surface area contributed by atoms with E-state index >= 15 is 0 Å². The molecule has 0 spiro atoms. The summed E-state index contributed by atoms with van der Waals surface area (Å²) in [5.41, 5.74) is 2.46. The van der Waals surface area contributed by atoms with Crippen molar-refractivity contribution in [2.75, 3.05) is 0 Å². The number of hydrogen-bond acceptors (Lipinski definition) is 3. The molecule has 1 heterocycles. The van der Waals surface area contributed by atoms with Crippen LogP contribution in [0.3, 0.4) is 0 Å². The normalized spacial score (nSPS) is 16.5. The van der Waals surface area contributed by atoms with Crippen LogP contribution >= 0.6 is 0 Å². The van der Waals surface area contributed by atoms with Gasteiger partial charge in [0.05, 0.1) is 23.4 Å². The third kappa shape index (κ3) is 3.72. The summed E-state index contributed by atoms with van der Waals surface area (Å²) in [6, 6.07) is 22.2. The molecular formula is C24H22N2O3. The number of ether oxygens (including phenoxy) is 1. The highest BCUT2D eigenvalue weighted by molar-refractivity contribution is 6.05. The van der Waals surface area contributed by atoms with Crippen LogP contribution in [0, 0.1) is 0 Å². The van der Waals surface area contributed by atoms with Crippen LogP contribution in [0.2, 0.25) is 0 Å². The molecule has 5 nitrogen and oxygen atoms in total. The van der Waals surface area contributed by atoms with Crippen LogP contribution in [-0.4, -0.2) is 18.1 Å². The molecule has 146 valence electrons. The van der Waals surface area contributed by atoms with Crippen molar-refractivity contribution in [3.63, 3.8) is 0 Å². The predicted molar refractivity (Wildman–Crippen MR) is 113 cm³/mol. The number of fused-ring (bicyclic) bond motifs is 1. The van der Waals surface area contributed by atoms with E-state index in [2.05, 4.69) is 10.6 Å². The number of rotatable bonds is 4. The van der Waals surface area contributed by atoms with E-state index in [1.807, 2.05) is 86.6 Å². The summed E-state index contributed by atoms with van der Waals surface area (Å²) < 4.78 is 5.55. The molecule has 0 radical (unpaired) electrons. The third-order valence-corrected chi connectivity index (χ3v) is 4.83. The summed E-state index contributed by atoms with van der Waals surface area (Å²) in [7, 11) is 0. The highest BCUT2D eigenvalue weighted by Crippen LogP contribution is 2.35. The second-order valence-corrected chi connectivity index (χ2v) is 7.21. The fourth-order valence-corrected chi connectivity index (χ4v) is 3.63. The van der Waals surface area contributed by atoms with Gasteiger partial charge in [-0.1, -0.05) is 72.8 Å². The zero-order valence-electron chi connectivity index (χ0n) is 16.3. The monoisotopic (exact) mass is 386 g/mol. The Morgan fingerprint density at radius 3 is 2.38 bits per heavy atom. The molecule has 0 aliphatic carbocycles. The quantitative estimate of drug-likeness (QED) is 0.646. The van der Waals surface area contributed by atoms with Crippen LogP contribution in [0.15, 0.2) is 78.4 Å². The van der Waals surface area contributed by atoms with Crippen LogP contribution < -0.4 is 10.6 Å². The molecule has 2 amide bonds. The highest BCUT2D eigenvalue weighted by atomic mass is 16.5. The van der Waals surface area contributed by atoms with Gasteiger partial charge in [-0.05, 0) is 35.7 Å². The first kappa shape index (κ1) is 18.7. The average Bonchev–Trinajstić information content (AvgIpc) is 2.72. The lowest BCUT2D eigenvalue weighted by molar-refractivity contribution is -0.143. The molecule has 1 aliphatic heterocycles. The van der Waals surface area contributed by atoms with E-state index in [0.29, 0.717) is 11.3 Å². The van der Waals surface area contributed by atoms with Crippen molar-refractivity contribution in [2.24, 2.45) is 0 Å². The van der Waals surface area contributed by atoms with Crippen molar-refractivity contribution in [3.8, 4) is 0 Å². The van der Waals surface area contributed by atoms with Gasteiger partial charge in [0.2, 0.25) is 0 Å². The van der Waals surface area contributed by atoms with Gasteiger partial charge in [0.1, 0.15) is 0 Å². The zero-order chi connectivity index (χ0) is 20.4. The van der Waals surface area contributed by atoms with Crippen molar-refractivity contribution < 1.29 is 14.3 Å². The first-order valence-corrected chi connectivity index (χ1v) is 9.60. The van der Waals surface area contributed by atoms with Gasteiger partial charge in [-0.2, -0.15) is 0 Å². The summed E-state index contributed by atoms with van der Waals surface area (Å²) in [6.45, 7) is 3.62. The molecule has 0 bridgehead atoms. The Balaban J connectivity index is 1.95. The second-order valence-electron chi connectivity index (χ2n) is 7.21. The Bertz CT molecular complexity index is 1100. The number of hydrogen-bond donors (Lipinski definition) is 2. The summed E-state index contributed by atoms with van der Waals surface area (Å²) in [5, 5.41) is 7.75. The van der Waals surface area contributed by atoms with Crippen molar-refractivity contribution in [2.45, 2.75) is 26.0 Å². The van der Waals surface area contributed by atoms with Crippen molar-refractivity contribution in [3.05, 3.63) is 89.5 Å². The Hall–Kier alpha value is -3.60. The summed E-state index contributed by atoms with van der Waals surface area (Å²) in [5.74, 6) is -0.454. The molecule has 0 saturated carbocycles. The van der Waals surface area contributed by atoms with E-state index in [9.17, 15) is 9.59 Å². The number of nitrogens with one attached hydrogen (secondary N) is 2. The molecule has 0 aromatic heterocycles. The minimum Gasteiger partial charge on any atom is -0.459 e. The number of esters is 1. The maximum absolute atomic E-state index is 13.1. The van der Waals surface area contributed by atoms with Crippen molar-refractivity contribution >= 4 is 28.5 Å². The first-order chi connectivity index (χ1) is 14.0. The van der Waals surface area contributed by atoms with Gasteiger partial charge in [-0.25, -0.2) is 9.59 Å². The molecule has 1 aliphatic rings. The number of carbonyl (C=O) groups excluding carboxylic acids is 2. The van der Waals surface area contributed by atoms with E-state index < -0.39 is 12.0 Å². The Morgan fingerprint density at radius 1 is 0.931 bits per heavy atom. The van der Waals surface area contributed by atoms with E-state index in [1.54, 1.807) is 0 Å². The lowest BCUT2D eigenvalue weighted by atomic mass is 9.89. The highest BCUT2D eigenvalue weighted by Gasteiger charge is 2.35. The molecule has 0 saturated heterocycles. The fourth-order valence-electron chi connectivity index (χ4n) is 3.63. The van der Waals surface area contributed by atoms with Gasteiger partial charge in [0.25, 0.3) is 0 Å². The molecule has 0 fully saturated rings. The van der Waals surface area contributed by atoms with Crippen molar-refractivity contribution in [1.29, 1.82) is 0 Å². The van der Waals surface area contributed by atoms with E-state index in [4.69, 9.17) is 4.74 Å². The zero-order valence-corrected chi connectivity index (χ0v) is 16.3. The summed E-state index contributed by atoms with van der Waals surface area (Å²) in [4.78, 5) is 25.7. The van der Waals surface area contributed by atoms with E-state index in [-0.39, 0.29) is 12.1 Å². The molecule has 3 aromatic rings. The first-order valence-electron chi connectivity index (χ1n) is 9.60. The smallest absolute Gasteiger partial charge is 0.338 e. The van der Waals surface area contributed by atoms with Crippen LogP contribution in [0.1, 0.15) is 31.0 Å². The van der Waals surface area contributed by atoms with E-state index in [1.165, 1.54) is 0 Å². The number of amides is 2. The Kier molecular flexibility index (Phi) is 5.04. The van der Waals surface area contributed by atoms with E-state index in [0.717, 1.165) is 21.9 Å². The molecule has 2 N–H and O–H groups in total. The van der Waals surface area contributed by atoms with Crippen LogP contribution in [0.4, 0.5) is 4.79 Å². The molecule has 4 rings (SSSR count). The van der Waals surface area contributed by atoms with Gasteiger partial charge in [0.15, 0.2) is 0 Å². The van der Waals surface area contributed by atoms with Crippen LogP contribution in [-0.2, 0) is 9.53 Å². The molecule has 1 unspecified atom stereocenters. The van der Waals surface area contributed by atoms with Gasteiger partial charge >= 0.3 is 12.0 Å². The third-order valence-electron chi connectivity index (χ3n) is 4.83. The van der Waals surface area contributed by atoms with Gasteiger partial charge in [0, 0.05) is 0 Å². The molecular weight excluding hydrogens is 364 g/mol.